The van der Waals surface area contributed by atoms with E-state index >= 15 is 0 Å². The predicted molar refractivity (Wildman–Crippen MR) is 55.1 cm³/mol. The number of hydrogen-bond acceptors (Lipinski definition) is 3. The number of halogens is 2. The molecule has 0 spiro atoms. The molecule has 3 aliphatic rings. The lowest BCUT2D eigenvalue weighted by atomic mass is 9.81. The number of alkyl halides is 2. The molecule has 2 bridgehead atoms. The molecule has 3 nitrogen and oxygen atoms in total. The molecular weight excluding hydrogens is 316 g/mol. The minimum Gasteiger partial charge on any atom is -0.393 e. The summed E-state index contributed by atoms with van der Waals surface area (Å²) in [5, 5.41) is 0. The molecule has 1 heterocycles. The van der Waals surface area contributed by atoms with Crippen LogP contribution in [0.1, 0.15) is 6.42 Å². The number of fused-ring (bicyclic) bond motifs is 5. The summed E-state index contributed by atoms with van der Waals surface area (Å²) in [6, 6.07) is 0. The van der Waals surface area contributed by atoms with Crippen molar-refractivity contribution >= 4 is 43.8 Å². The Kier molecular flexibility index (Phi) is 1.88. The molecule has 2 saturated carbocycles. The van der Waals surface area contributed by atoms with Crippen molar-refractivity contribution in [3.05, 3.63) is 0 Å². The smallest absolute Gasteiger partial charge is 0.317 e. The summed E-state index contributed by atoms with van der Waals surface area (Å²) in [4.78, 5) is 23.5. The summed E-state index contributed by atoms with van der Waals surface area (Å²) in [5.41, 5.74) is 0. The Labute approximate surface area is 97.8 Å². The highest BCUT2D eigenvalue weighted by atomic mass is 79.9. The third-order valence-corrected chi connectivity index (χ3v) is 6.93. The largest absolute Gasteiger partial charge is 0.393 e. The highest BCUT2D eigenvalue weighted by Crippen LogP contribution is 2.59. The number of carbonyl (C=O) groups is 2. The highest BCUT2D eigenvalue weighted by Gasteiger charge is 2.65. The van der Waals surface area contributed by atoms with Gasteiger partial charge in [0.25, 0.3) is 0 Å². The minimum atomic E-state index is -0.309. The fourth-order valence-electron chi connectivity index (χ4n) is 3.15. The van der Waals surface area contributed by atoms with Crippen LogP contribution in [0.5, 0.6) is 0 Å². The Hall–Kier alpha value is 0.1000. The molecule has 5 heteroatoms. The van der Waals surface area contributed by atoms with Gasteiger partial charge < -0.3 is 4.74 Å². The van der Waals surface area contributed by atoms with Crippen molar-refractivity contribution in [2.45, 2.75) is 16.1 Å². The molecule has 0 N–H and O–H groups in total. The van der Waals surface area contributed by atoms with E-state index in [4.69, 9.17) is 0 Å². The SMILES string of the molecule is O=C1OC(=O)[C@H]2[C@@H]3C[C@@H]([C@@H](Br)[C@@H]3Br)[C@@H]12. The Morgan fingerprint density at radius 3 is 1.86 bits per heavy atom. The quantitative estimate of drug-likeness (QED) is 0.385. The average Bonchev–Trinajstić information content (AvgIpc) is 2.71. The van der Waals surface area contributed by atoms with E-state index in [1.54, 1.807) is 0 Å². The van der Waals surface area contributed by atoms with E-state index in [-0.39, 0.29) is 35.6 Å². The van der Waals surface area contributed by atoms with Crippen LogP contribution in [0.3, 0.4) is 0 Å². The Bertz CT molecular complexity index is 300. The lowest BCUT2D eigenvalue weighted by Gasteiger charge is -2.27. The van der Waals surface area contributed by atoms with E-state index in [1.807, 2.05) is 0 Å². The number of rotatable bonds is 0. The summed E-state index contributed by atoms with van der Waals surface area (Å²) in [6.45, 7) is 0. The molecule has 0 radical (unpaired) electrons. The molecule has 1 saturated heterocycles. The first kappa shape index (κ1) is 9.33. The van der Waals surface area contributed by atoms with Crippen LogP contribution in [0.2, 0.25) is 0 Å². The van der Waals surface area contributed by atoms with Crippen molar-refractivity contribution in [3.63, 3.8) is 0 Å². The summed E-state index contributed by atoms with van der Waals surface area (Å²) >= 11 is 7.16. The molecule has 3 fully saturated rings. The van der Waals surface area contributed by atoms with E-state index in [0.29, 0.717) is 9.65 Å². The number of esters is 2. The normalized spacial score (nSPS) is 55.0. The Morgan fingerprint density at radius 2 is 1.43 bits per heavy atom. The first-order valence-corrected chi connectivity index (χ1v) is 6.48. The zero-order chi connectivity index (χ0) is 10.0. The first-order valence-electron chi connectivity index (χ1n) is 4.65. The molecule has 2 aliphatic carbocycles. The van der Waals surface area contributed by atoms with Crippen LogP contribution in [0, 0.1) is 23.7 Å². The van der Waals surface area contributed by atoms with Gasteiger partial charge in [-0.2, -0.15) is 0 Å². The predicted octanol–water partition coefficient (Wildman–Crippen LogP) is 1.48. The van der Waals surface area contributed by atoms with Gasteiger partial charge in [-0.05, 0) is 18.3 Å². The lowest BCUT2D eigenvalue weighted by molar-refractivity contribution is -0.154. The van der Waals surface area contributed by atoms with E-state index < -0.39 is 0 Å². The molecular formula is C9H8Br2O3. The Morgan fingerprint density at radius 1 is 1.00 bits per heavy atom. The number of hydrogen-bond donors (Lipinski definition) is 0. The van der Waals surface area contributed by atoms with Crippen LogP contribution >= 0.6 is 31.9 Å². The van der Waals surface area contributed by atoms with Crippen molar-refractivity contribution in [3.8, 4) is 0 Å². The third kappa shape index (κ3) is 0.927. The fraction of sp³-hybridized carbons (Fsp3) is 0.778. The van der Waals surface area contributed by atoms with Gasteiger partial charge in [-0.1, -0.05) is 31.9 Å². The van der Waals surface area contributed by atoms with Gasteiger partial charge in [0.15, 0.2) is 0 Å². The van der Waals surface area contributed by atoms with E-state index in [1.165, 1.54) is 0 Å². The highest BCUT2D eigenvalue weighted by molar-refractivity contribution is 9.12. The molecule has 1 aliphatic heterocycles. The summed E-state index contributed by atoms with van der Waals surface area (Å²) in [5.74, 6) is -0.425. The molecule has 0 amide bonds. The number of cyclic esters (lactones) is 2. The van der Waals surface area contributed by atoms with Crippen LogP contribution in [0.25, 0.3) is 0 Å². The average molecular weight is 324 g/mol. The van der Waals surface area contributed by atoms with Crippen molar-refractivity contribution < 1.29 is 14.3 Å². The fourth-order valence-corrected chi connectivity index (χ4v) is 5.02. The molecule has 0 aromatic rings. The molecule has 14 heavy (non-hydrogen) atoms. The monoisotopic (exact) mass is 322 g/mol. The van der Waals surface area contributed by atoms with Gasteiger partial charge in [0.05, 0.1) is 11.8 Å². The maximum Gasteiger partial charge on any atom is 0.317 e. The van der Waals surface area contributed by atoms with E-state index in [0.717, 1.165) is 6.42 Å². The number of ether oxygens (including phenoxy) is 1. The van der Waals surface area contributed by atoms with Gasteiger partial charge in [0, 0.05) is 9.65 Å². The van der Waals surface area contributed by atoms with Crippen LogP contribution in [-0.2, 0) is 14.3 Å². The van der Waals surface area contributed by atoms with Crippen LogP contribution < -0.4 is 0 Å². The van der Waals surface area contributed by atoms with Crippen LogP contribution in [0.4, 0.5) is 0 Å². The molecule has 76 valence electrons. The second-order valence-electron chi connectivity index (χ2n) is 4.24. The Balaban J connectivity index is 2.01. The number of carbonyl (C=O) groups excluding carboxylic acids is 2. The summed E-state index contributed by atoms with van der Waals surface area (Å²) in [7, 11) is 0. The van der Waals surface area contributed by atoms with Gasteiger partial charge in [-0.3, -0.25) is 9.59 Å². The molecule has 0 aromatic carbocycles. The second kappa shape index (κ2) is 2.82. The molecule has 0 aromatic heterocycles. The second-order valence-corrected chi connectivity index (χ2v) is 6.36. The van der Waals surface area contributed by atoms with Crippen molar-refractivity contribution in [2.24, 2.45) is 23.7 Å². The van der Waals surface area contributed by atoms with Gasteiger partial charge in [0.2, 0.25) is 0 Å². The standard InChI is InChI=1S/C9H8Br2O3/c10-6-2-1-3(7(6)11)5-4(2)8(12)14-9(5)13/h2-7H,1H2/t2-,3+,4-,5+,6-,7-/m1/s1. The third-order valence-electron chi connectivity index (χ3n) is 3.72. The van der Waals surface area contributed by atoms with Crippen LogP contribution in [0.15, 0.2) is 0 Å². The maximum absolute atomic E-state index is 11.4. The van der Waals surface area contributed by atoms with Gasteiger partial charge in [-0.25, -0.2) is 0 Å². The van der Waals surface area contributed by atoms with Crippen molar-refractivity contribution in [1.29, 1.82) is 0 Å². The molecule has 3 rings (SSSR count). The topological polar surface area (TPSA) is 43.4 Å². The minimum absolute atomic E-state index is 0.175. The van der Waals surface area contributed by atoms with E-state index in [2.05, 4.69) is 36.6 Å². The van der Waals surface area contributed by atoms with Gasteiger partial charge >= 0.3 is 11.9 Å². The zero-order valence-electron chi connectivity index (χ0n) is 7.15. The zero-order valence-corrected chi connectivity index (χ0v) is 10.3. The summed E-state index contributed by atoms with van der Waals surface area (Å²) in [6.07, 6.45) is 0.960. The van der Waals surface area contributed by atoms with E-state index in [9.17, 15) is 9.59 Å². The maximum atomic E-state index is 11.4. The van der Waals surface area contributed by atoms with Gasteiger partial charge in [-0.15, -0.1) is 0 Å². The summed E-state index contributed by atoms with van der Waals surface area (Å²) < 4.78 is 4.69. The van der Waals surface area contributed by atoms with Gasteiger partial charge in [0.1, 0.15) is 0 Å². The molecule has 0 unspecified atom stereocenters. The molecule has 6 atom stereocenters. The van der Waals surface area contributed by atoms with Crippen molar-refractivity contribution in [2.75, 3.05) is 0 Å². The first-order chi connectivity index (χ1) is 6.61. The van der Waals surface area contributed by atoms with Crippen molar-refractivity contribution in [1.82, 2.24) is 0 Å². The van der Waals surface area contributed by atoms with Crippen LogP contribution in [-0.4, -0.2) is 21.6 Å². The lowest BCUT2D eigenvalue weighted by Crippen LogP contribution is -2.37.